The number of aryl methyl sites for hydroxylation is 1. The summed E-state index contributed by atoms with van der Waals surface area (Å²) in [5.41, 5.74) is 3.52. The molecule has 0 fully saturated rings. The number of rotatable bonds is 4. The number of nitriles is 1. The van der Waals surface area contributed by atoms with E-state index >= 15 is 0 Å². The van der Waals surface area contributed by atoms with Crippen LogP contribution in [0.3, 0.4) is 0 Å². The molecule has 0 amide bonds. The summed E-state index contributed by atoms with van der Waals surface area (Å²) in [4.78, 5) is 1.53. The van der Waals surface area contributed by atoms with E-state index in [2.05, 4.69) is 28.5 Å². The van der Waals surface area contributed by atoms with Crippen molar-refractivity contribution in [1.82, 2.24) is 15.0 Å². The van der Waals surface area contributed by atoms with E-state index in [9.17, 15) is 0 Å². The molecule has 0 saturated carbocycles. The second kappa shape index (κ2) is 5.53. The summed E-state index contributed by atoms with van der Waals surface area (Å²) in [7, 11) is 0. The molecule has 0 spiro atoms. The van der Waals surface area contributed by atoms with E-state index in [1.54, 1.807) is 0 Å². The van der Waals surface area contributed by atoms with E-state index in [-0.39, 0.29) is 0 Å². The summed E-state index contributed by atoms with van der Waals surface area (Å²) in [5, 5.41) is 20.8. The maximum atomic E-state index is 9.10. The highest BCUT2D eigenvalue weighted by Gasteiger charge is 2.12. The smallest absolute Gasteiger partial charge is 0.207 e. The molecule has 0 aliphatic rings. The number of hydrogen-bond acceptors (Lipinski definition) is 4. The second-order valence-corrected chi connectivity index (χ2v) is 4.44. The summed E-state index contributed by atoms with van der Waals surface area (Å²) in [6.07, 6.45) is 0.973. The number of hydrogen-bond donors (Lipinski definition) is 1. The van der Waals surface area contributed by atoms with Gasteiger partial charge in [0.25, 0.3) is 0 Å². The molecule has 2 rings (SSSR count). The lowest BCUT2D eigenvalue weighted by Crippen LogP contribution is -2.04. The summed E-state index contributed by atoms with van der Waals surface area (Å²) in [6.45, 7) is 6.91. The molecule has 98 valence electrons. The summed E-state index contributed by atoms with van der Waals surface area (Å²) in [6, 6.07) is 8.03. The lowest BCUT2D eigenvalue weighted by molar-refractivity contribution is 0.743. The van der Waals surface area contributed by atoms with E-state index < -0.39 is 0 Å². The third-order valence-corrected chi connectivity index (χ3v) is 3.05. The molecule has 0 unspecified atom stereocenters. The maximum absolute atomic E-state index is 9.10. The van der Waals surface area contributed by atoms with Crippen LogP contribution in [0.15, 0.2) is 18.2 Å². The zero-order chi connectivity index (χ0) is 13.8. The molecule has 0 radical (unpaired) electrons. The average molecular weight is 255 g/mol. The lowest BCUT2D eigenvalue weighted by atomic mass is 10.1. The zero-order valence-electron chi connectivity index (χ0n) is 11.4. The van der Waals surface area contributed by atoms with E-state index in [1.807, 2.05) is 32.0 Å². The quantitative estimate of drug-likeness (QED) is 0.911. The monoisotopic (exact) mass is 255 g/mol. The molecule has 1 aromatic carbocycles. The highest BCUT2D eigenvalue weighted by Crippen LogP contribution is 2.18. The molecule has 1 heterocycles. The SMILES string of the molecule is CCCNc1nn(-c2cccc(C)c2C)nc1C#N. The van der Waals surface area contributed by atoms with Gasteiger partial charge in [-0.3, -0.25) is 0 Å². The van der Waals surface area contributed by atoms with Crippen molar-refractivity contribution in [2.75, 3.05) is 11.9 Å². The molecular formula is C14H17N5. The minimum atomic E-state index is 0.328. The van der Waals surface area contributed by atoms with Crippen LogP contribution in [0, 0.1) is 25.2 Å². The number of aromatic nitrogens is 3. The third-order valence-electron chi connectivity index (χ3n) is 3.05. The van der Waals surface area contributed by atoms with Gasteiger partial charge in [0.05, 0.1) is 5.69 Å². The fraction of sp³-hybridized carbons (Fsp3) is 0.357. The fourth-order valence-electron chi connectivity index (χ4n) is 1.80. The fourth-order valence-corrected chi connectivity index (χ4v) is 1.80. The zero-order valence-corrected chi connectivity index (χ0v) is 11.4. The molecule has 0 aliphatic heterocycles. The molecule has 5 heteroatoms. The van der Waals surface area contributed by atoms with Crippen LogP contribution in [0.4, 0.5) is 5.82 Å². The molecule has 0 aliphatic carbocycles. The van der Waals surface area contributed by atoms with Gasteiger partial charge in [0.2, 0.25) is 5.69 Å². The normalized spacial score (nSPS) is 10.2. The van der Waals surface area contributed by atoms with Crippen LogP contribution in [0.5, 0.6) is 0 Å². The Bertz CT molecular complexity index is 621. The molecule has 5 nitrogen and oxygen atoms in total. The van der Waals surface area contributed by atoms with Crippen molar-refractivity contribution in [3.8, 4) is 11.8 Å². The largest absolute Gasteiger partial charge is 0.366 e. The van der Waals surface area contributed by atoms with Crippen LogP contribution >= 0.6 is 0 Å². The Kier molecular flexibility index (Phi) is 3.81. The van der Waals surface area contributed by atoms with Crippen molar-refractivity contribution in [2.45, 2.75) is 27.2 Å². The average Bonchev–Trinajstić information content (AvgIpc) is 2.82. The highest BCUT2D eigenvalue weighted by molar-refractivity contribution is 5.49. The van der Waals surface area contributed by atoms with Crippen LogP contribution in [-0.4, -0.2) is 21.5 Å². The van der Waals surface area contributed by atoms with Gasteiger partial charge in [0.15, 0.2) is 5.82 Å². The summed E-state index contributed by atoms with van der Waals surface area (Å²) < 4.78 is 0. The minimum absolute atomic E-state index is 0.328. The van der Waals surface area contributed by atoms with Crippen molar-refractivity contribution < 1.29 is 0 Å². The summed E-state index contributed by atoms with van der Waals surface area (Å²) in [5.74, 6) is 0.547. The maximum Gasteiger partial charge on any atom is 0.207 e. The standard InChI is InChI=1S/C14H17N5/c1-4-8-16-14-12(9-15)17-19(18-14)13-7-5-6-10(2)11(13)3/h5-7H,4,8H2,1-3H3,(H,16,18). The Morgan fingerprint density at radius 1 is 1.32 bits per heavy atom. The first kappa shape index (κ1) is 13.1. The van der Waals surface area contributed by atoms with Crippen molar-refractivity contribution in [3.05, 3.63) is 35.0 Å². The van der Waals surface area contributed by atoms with Gasteiger partial charge >= 0.3 is 0 Å². The Morgan fingerprint density at radius 3 is 2.79 bits per heavy atom. The number of nitrogens with one attached hydrogen (secondary N) is 1. The number of benzene rings is 1. The van der Waals surface area contributed by atoms with Gasteiger partial charge in [0.1, 0.15) is 6.07 Å². The third kappa shape index (κ3) is 2.58. The Hall–Kier alpha value is -2.35. The predicted molar refractivity (Wildman–Crippen MR) is 74.3 cm³/mol. The lowest BCUT2D eigenvalue weighted by Gasteiger charge is -2.06. The van der Waals surface area contributed by atoms with Crippen LogP contribution in [0.1, 0.15) is 30.2 Å². The Balaban J connectivity index is 2.43. The first-order valence-electron chi connectivity index (χ1n) is 6.35. The predicted octanol–water partition coefficient (Wildman–Crippen LogP) is 2.58. The highest BCUT2D eigenvalue weighted by atomic mass is 15.5. The van der Waals surface area contributed by atoms with Crippen LogP contribution in [-0.2, 0) is 0 Å². The van der Waals surface area contributed by atoms with Gasteiger partial charge < -0.3 is 5.32 Å². The van der Waals surface area contributed by atoms with Crippen molar-refractivity contribution in [2.24, 2.45) is 0 Å². The first-order valence-corrected chi connectivity index (χ1v) is 6.35. The number of anilines is 1. The van der Waals surface area contributed by atoms with E-state index in [1.165, 1.54) is 10.4 Å². The second-order valence-electron chi connectivity index (χ2n) is 4.44. The van der Waals surface area contributed by atoms with Gasteiger partial charge in [-0.2, -0.15) is 5.26 Å². The van der Waals surface area contributed by atoms with Crippen molar-refractivity contribution in [3.63, 3.8) is 0 Å². The van der Waals surface area contributed by atoms with Gasteiger partial charge in [-0.25, -0.2) is 0 Å². The minimum Gasteiger partial charge on any atom is -0.366 e. The molecule has 0 saturated heterocycles. The Labute approximate surface area is 112 Å². The summed E-state index contributed by atoms with van der Waals surface area (Å²) >= 11 is 0. The van der Waals surface area contributed by atoms with Crippen LogP contribution in [0.2, 0.25) is 0 Å². The number of nitrogens with zero attached hydrogens (tertiary/aromatic N) is 4. The molecule has 2 aromatic rings. The topological polar surface area (TPSA) is 66.5 Å². The van der Waals surface area contributed by atoms with Gasteiger partial charge in [-0.15, -0.1) is 15.0 Å². The molecule has 0 bridgehead atoms. The van der Waals surface area contributed by atoms with Gasteiger partial charge in [-0.05, 0) is 37.5 Å². The van der Waals surface area contributed by atoms with Crippen LogP contribution < -0.4 is 5.32 Å². The molecule has 19 heavy (non-hydrogen) atoms. The molecule has 0 atom stereocenters. The molecule has 1 aromatic heterocycles. The van der Waals surface area contributed by atoms with Gasteiger partial charge in [-0.1, -0.05) is 19.1 Å². The molecule has 1 N–H and O–H groups in total. The van der Waals surface area contributed by atoms with Crippen molar-refractivity contribution in [1.29, 1.82) is 5.26 Å². The van der Waals surface area contributed by atoms with Crippen molar-refractivity contribution >= 4 is 5.82 Å². The Morgan fingerprint density at radius 2 is 2.11 bits per heavy atom. The van der Waals surface area contributed by atoms with E-state index in [0.29, 0.717) is 11.5 Å². The van der Waals surface area contributed by atoms with E-state index in [0.717, 1.165) is 24.2 Å². The first-order chi connectivity index (χ1) is 9.17. The van der Waals surface area contributed by atoms with E-state index in [4.69, 9.17) is 5.26 Å². The van der Waals surface area contributed by atoms with Crippen LogP contribution in [0.25, 0.3) is 5.69 Å². The van der Waals surface area contributed by atoms with Gasteiger partial charge in [0, 0.05) is 6.54 Å². The molecular weight excluding hydrogens is 238 g/mol.